The quantitative estimate of drug-likeness (QED) is 0.518. The van der Waals surface area contributed by atoms with Crippen molar-refractivity contribution in [1.29, 1.82) is 0 Å². The Morgan fingerprint density at radius 1 is 1.25 bits per heavy atom. The van der Waals surface area contributed by atoms with Gasteiger partial charge in [0.25, 0.3) is 0 Å². The summed E-state index contributed by atoms with van der Waals surface area (Å²) in [6.45, 7) is 12.3. The number of hydrogen-bond donors (Lipinski definition) is 1. The lowest BCUT2D eigenvalue weighted by Gasteiger charge is -2.34. The van der Waals surface area contributed by atoms with Gasteiger partial charge in [0.2, 0.25) is 0 Å². The summed E-state index contributed by atoms with van der Waals surface area (Å²) in [5.41, 5.74) is 7.61. The fourth-order valence-corrected chi connectivity index (χ4v) is 3.84. The molecular formula is C15H25BNO2P. The smallest absolute Gasteiger partial charge is 0.327 e. The molecule has 0 bridgehead atoms. The summed E-state index contributed by atoms with van der Waals surface area (Å²) in [4.78, 5) is 0. The van der Waals surface area contributed by atoms with Crippen LogP contribution in [0.2, 0.25) is 6.32 Å². The van der Waals surface area contributed by atoms with Crippen LogP contribution in [0.4, 0.5) is 5.69 Å². The molecule has 20 heavy (non-hydrogen) atoms. The van der Waals surface area contributed by atoms with Gasteiger partial charge in [0.05, 0.1) is 5.60 Å². The molecule has 1 heterocycles. The van der Waals surface area contributed by atoms with Crippen molar-refractivity contribution in [1.82, 2.24) is 0 Å². The Morgan fingerprint density at radius 2 is 1.85 bits per heavy atom. The van der Waals surface area contributed by atoms with Crippen LogP contribution in [0, 0.1) is 5.41 Å². The zero-order valence-corrected chi connectivity index (χ0v) is 14.3. The van der Waals surface area contributed by atoms with Gasteiger partial charge in [-0.2, -0.15) is 0 Å². The first-order valence-electron chi connectivity index (χ1n) is 7.07. The zero-order valence-electron chi connectivity index (χ0n) is 13.4. The van der Waals surface area contributed by atoms with Crippen molar-refractivity contribution in [3.05, 3.63) is 18.2 Å². The van der Waals surface area contributed by atoms with Gasteiger partial charge in [0.15, 0.2) is 0 Å². The lowest BCUT2D eigenvalue weighted by atomic mass is 9.54. The molecule has 0 atom stereocenters. The largest absolute Gasteiger partial charge is 0.426 e. The summed E-state index contributed by atoms with van der Waals surface area (Å²) in [6.07, 6.45) is 0.959. The van der Waals surface area contributed by atoms with Gasteiger partial charge in [0, 0.05) is 11.0 Å². The van der Waals surface area contributed by atoms with E-state index in [-0.39, 0.29) is 17.9 Å². The van der Waals surface area contributed by atoms with E-state index in [0.717, 1.165) is 17.1 Å². The molecule has 0 saturated carbocycles. The Balaban J connectivity index is 2.40. The first kappa shape index (κ1) is 15.7. The average molecular weight is 293 g/mol. The molecule has 0 aliphatic carbocycles. The molecule has 1 aromatic rings. The van der Waals surface area contributed by atoms with Crippen LogP contribution in [0.3, 0.4) is 0 Å². The third-order valence-corrected chi connectivity index (χ3v) is 6.32. The number of nitrogens with two attached hydrogens (primary N) is 1. The minimum Gasteiger partial charge on any atom is -0.426 e. The Morgan fingerprint density at radius 3 is 2.30 bits per heavy atom. The van der Waals surface area contributed by atoms with E-state index in [9.17, 15) is 4.57 Å². The summed E-state index contributed by atoms with van der Waals surface area (Å²) < 4.78 is 18.6. The molecule has 2 rings (SSSR count). The standard InChI is InChI=1S/C15H25BNO2P/c1-14(2)10-16(19-15(14,3)4)11-7-8-12(17)13(9-11)20(5,6)18/h7-9H,10,17H2,1-6H3. The van der Waals surface area contributed by atoms with Crippen LogP contribution in [-0.2, 0) is 9.22 Å². The van der Waals surface area contributed by atoms with Crippen LogP contribution in [0.25, 0.3) is 0 Å². The molecule has 0 spiro atoms. The van der Waals surface area contributed by atoms with E-state index in [4.69, 9.17) is 10.4 Å². The molecular weight excluding hydrogens is 268 g/mol. The first-order valence-corrected chi connectivity index (χ1v) is 9.67. The summed E-state index contributed by atoms with van der Waals surface area (Å²) in [5, 5.41) is 0.765. The van der Waals surface area contributed by atoms with Crippen LogP contribution in [0.15, 0.2) is 18.2 Å². The number of hydrogen-bond acceptors (Lipinski definition) is 3. The first-order chi connectivity index (χ1) is 8.94. The summed E-state index contributed by atoms with van der Waals surface area (Å²) in [6, 6.07) is 5.82. The maximum absolute atomic E-state index is 12.3. The van der Waals surface area contributed by atoms with Crippen molar-refractivity contribution >= 4 is 30.5 Å². The topological polar surface area (TPSA) is 52.3 Å². The monoisotopic (exact) mass is 293 g/mol. The van der Waals surface area contributed by atoms with E-state index >= 15 is 0 Å². The Labute approximate surface area is 122 Å². The second-order valence-electron chi connectivity index (χ2n) is 7.37. The second kappa shape index (κ2) is 4.64. The number of benzene rings is 1. The molecule has 1 aliphatic rings. The predicted molar refractivity (Wildman–Crippen MR) is 89.1 cm³/mol. The Hall–Kier alpha value is -0.725. The predicted octanol–water partition coefficient (Wildman–Crippen LogP) is 2.55. The lowest BCUT2D eigenvalue weighted by Crippen LogP contribution is -2.36. The van der Waals surface area contributed by atoms with Gasteiger partial charge in [0.1, 0.15) is 7.14 Å². The number of nitrogen functional groups attached to an aromatic ring is 1. The number of anilines is 1. The molecule has 2 N–H and O–H groups in total. The van der Waals surface area contributed by atoms with Crippen molar-refractivity contribution in [2.24, 2.45) is 5.41 Å². The maximum atomic E-state index is 12.3. The molecule has 110 valence electrons. The summed E-state index contributed by atoms with van der Waals surface area (Å²) in [7, 11) is -2.37. The van der Waals surface area contributed by atoms with Crippen LogP contribution in [-0.4, -0.2) is 25.8 Å². The van der Waals surface area contributed by atoms with Gasteiger partial charge >= 0.3 is 6.92 Å². The molecule has 0 aromatic heterocycles. The van der Waals surface area contributed by atoms with Crippen molar-refractivity contribution in [3.8, 4) is 0 Å². The Kier molecular flexibility index (Phi) is 3.63. The van der Waals surface area contributed by atoms with Gasteiger partial charge < -0.3 is 15.0 Å². The summed E-state index contributed by atoms with van der Waals surface area (Å²) >= 11 is 0. The van der Waals surface area contributed by atoms with E-state index in [1.807, 2.05) is 18.2 Å². The highest BCUT2D eigenvalue weighted by molar-refractivity contribution is 7.70. The Bertz CT molecular complexity index is 561. The highest BCUT2D eigenvalue weighted by atomic mass is 31.2. The maximum Gasteiger partial charge on any atom is 0.327 e. The molecule has 1 fully saturated rings. The van der Waals surface area contributed by atoms with Gasteiger partial charge in [-0.25, -0.2) is 0 Å². The molecule has 0 amide bonds. The highest BCUT2D eigenvalue weighted by Gasteiger charge is 2.49. The molecule has 1 saturated heterocycles. The highest BCUT2D eigenvalue weighted by Crippen LogP contribution is 2.45. The zero-order chi connectivity index (χ0) is 15.3. The van der Waals surface area contributed by atoms with E-state index in [1.54, 1.807) is 13.3 Å². The third-order valence-electron chi connectivity index (χ3n) is 4.77. The van der Waals surface area contributed by atoms with Gasteiger partial charge in [-0.3, -0.25) is 0 Å². The second-order valence-corrected chi connectivity index (χ2v) is 10.6. The van der Waals surface area contributed by atoms with E-state index in [0.29, 0.717) is 5.69 Å². The SMILES string of the molecule is CC1(C)CB(c2ccc(N)c(P(C)(C)=O)c2)OC1(C)C. The van der Waals surface area contributed by atoms with Crippen LogP contribution in [0.5, 0.6) is 0 Å². The molecule has 0 radical (unpaired) electrons. The van der Waals surface area contributed by atoms with Crippen molar-refractivity contribution in [2.75, 3.05) is 19.1 Å². The van der Waals surface area contributed by atoms with E-state index < -0.39 is 7.14 Å². The fraction of sp³-hybridized carbons (Fsp3) is 0.600. The molecule has 3 nitrogen and oxygen atoms in total. The normalized spacial score (nSPS) is 21.2. The van der Waals surface area contributed by atoms with E-state index in [2.05, 4.69) is 27.7 Å². The van der Waals surface area contributed by atoms with Gasteiger partial charge in [-0.05, 0) is 50.4 Å². The third kappa shape index (κ3) is 2.69. The van der Waals surface area contributed by atoms with Crippen molar-refractivity contribution < 1.29 is 9.22 Å². The van der Waals surface area contributed by atoms with Crippen molar-refractivity contribution in [3.63, 3.8) is 0 Å². The molecule has 1 aromatic carbocycles. The van der Waals surface area contributed by atoms with Crippen LogP contribution in [0.1, 0.15) is 27.7 Å². The van der Waals surface area contributed by atoms with Gasteiger partial charge in [-0.15, -0.1) is 0 Å². The van der Waals surface area contributed by atoms with Crippen molar-refractivity contribution in [2.45, 2.75) is 39.6 Å². The minimum absolute atomic E-state index is 0.0471. The minimum atomic E-state index is -2.37. The van der Waals surface area contributed by atoms with Crippen LogP contribution < -0.4 is 16.5 Å². The fourth-order valence-electron chi connectivity index (χ4n) is 2.68. The van der Waals surface area contributed by atoms with Crippen LogP contribution >= 0.6 is 7.14 Å². The molecule has 5 heteroatoms. The summed E-state index contributed by atoms with van der Waals surface area (Å²) in [5.74, 6) is 0. The van der Waals surface area contributed by atoms with E-state index in [1.165, 1.54) is 0 Å². The molecule has 0 unspecified atom stereocenters. The molecule has 1 aliphatic heterocycles. The lowest BCUT2D eigenvalue weighted by molar-refractivity contribution is 0.0375. The van der Waals surface area contributed by atoms with Gasteiger partial charge in [-0.1, -0.05) is 26.0 Å². The average Bonchev–Trinajstić information content (AvgIpc) is 2.47. The number of rotatable bonds is 2.